The van der Waals surface area contributed by atoms with Gasteiger partial charge in [0, 0.05) is 17.7 Å². The maximum atomic E-state index is 13.8. The van der Waals surface area contributed by atoms with Gasteiger partial charge in [-0.3, -0.25) is 14.2 Å². The number of aromatic nitrogens is 3. The number of amides is 2. The van der Waals surface area contributed by atoms with E-state index >= 15 is 0 Å². The van der Waals surface area contributed by atoms with Gasteiger partial charge in [0.15, 0.2) is 11.0 Å². The van der Waals surface area contributed by atoms with Crippen LogP contribution in [0.5, 0.6) is 5.75 Å². The second-order valence-corrected chi connectivity index (χ2v) is 12.6. The molecule has 2 amide bonds. The van der Waals surface area contributed by atoms with Gasteiger partial charge in [-0.25, -0.2) is 5.01 Å². The summed E-state index contributed by atoms with van der Waals surface area (Å²) in [5.74, 6) is 1.09. The lowest BCUT2D eigenvalue weighted by Gasteiger charge is -2.22. The molecule has 9 nitrogen and oxygen atoms in total. The van der Waals surface area contributed by atoms with Crippen molar-refractivity contribution in [1.82, 2.24) is 25.1 Å². The summed E-state index contributed by atoms with van der Waals surface area (Å²) >= 11 is 2.91. The molecular formula is C34H32N6O3S2. The Balaban J connectivity index is 1.24. The molecular weight excluding hydrogens is 605 g/mol. The average Bonchev–Trinajstić information content (AvgIpc) is 3.83. The molecule has 11 heteroatoms. The fourth-order valence-corrected chi connectivity index (χ4v) is 6.74. The van der Waals surface area contributed by atoms with Crippen molar-refractivity contribution in [3.8, 4) is 11.4 Å². The molecule has 1 aliphatic heterocycles. The SMILES string of the molecule is COc1ccc(C2CC(c3cccs3)=NN2C(=O)CSc2nnc(CNC(=O)c3cccc(C)c3)n2-c2cccc(C)c2)cc1. The van der Waals surface area contributed by atoms with Crippen molar-refractivity contribution < 1.29 is 14.3 Å². The molecule has 0 saturated heterocycles. The maximum Gasteiger partial charge on any atom is 0.253 e. The van der Waals surface area contributed by atoms with Gasteiger partial charge in [-0.05, 0) is 72.8 Å². The third-order valence-electron chi connectivity index (χ3n) is 7.44. The van der Waals surface area contributed by atoms with E-state index in [9.17, 15) is 9.59 Å². The number of methoxy groups -OCH3 is 1. The summed E-state index contributed by atoms with van der Waals surface area (Å²) in [5, 5.41) is 20.8. The molecule has 0 radical (unpaired) electrons. The second-order valence-electron chi connectivity index (χ2n) is 10.7. The molecule has 6 rings (SSSR count). The first kappa shape index (κ1) is 30.3. The minimum atomic E-state index is -0.233. The fourth-order valence-electron chi connectivity index (χ4n) is 5.19. The van der Waals surface area contributed by atoms with Gasteiger partial charge in [-0.15, -0.1) is 21.5 Å². The fraction of sp³-hybridized carbons (Fsp3) is 0.206. The summed E-state index contributed by atoms with van der Waals surface area (Å²) in [6.07, 6.45) is 0.619. The van der Waals surface area contributed by atoms with Gasteiger partial charge >= 0.3 is 0 Å². The number of carbonyl (C=O) groups is 2. The van der Waals surface area contributed by atoms with Crippen LogP contribution in [0.4, 0.5) is 0 Å². The number of hydrazone groups is 1. The predicted octanol–water partition coefficient (Wildman–Crippen LogP) is 6.35. The van der Waals surface area contributed by atoms with E-state index in [1.54, 1.807) is 29.5 Å². The van der Waals surface area contributed by atoms with Crippen molar-refractivity contribution in [2.75, 3.05) is 12.9 Å². The zero-order chi connectivity index (χ0) is 31.3. The van der Waals surface area contributed by atoms with Crippen molar-refractivity contribution in [3.63, 3.8) is 0 Å². The largest absolute Gasteiger partial charge is 0.497 e. The maximum absolute atomic E-state index is 13.8. The summed E-state index contributed by atoms with van der Waals surface area (Å²) in [6.45, 7) is 4.13. The molecule has 1 atom stereocenters. The summed E-state index contributed by atoms with van der Waals surface area (Å²) in [6, 6.07) is 27.0. The van der Waals surface area contributed by atoms with Crippen LogP contribution in [0.2, 0.25) is 0 Å². The topological polar surface area (TPSA) is 102 Å². The van der Waals surface area contributed by atoms with Crippen molar-refractivity contribution in [2.45, 2.75) is 38.0 Å². The van der Waals surface area contributed by atoms with Crippen LogP contribution < -0.4 is 10.1 Å². The van der Waals surface area contributed by atoms with Crippen molar-refractivity contribution in [2.24, 2.45) is 5.10 Å². The first-order valence-electron chi connectivity index (χ1n) is 14.5. The standard InChI is InChI=1S/C34H32N6O3S2/c1-22-7-4-9-25(17-22)33(42)35-20-31-36-37-34(39(31)26-10-5-8-23(2)18-26)45-21-32(41)40-29(24-12-14-27(43-3)15-13-24)19-28(38-40)30-11-6-16-44-30/h4-18,29H,19-21H2,1-3H3,(H,35,42). The number of nitrogens with one attached hydrogen (secondary N) is 1. The number of nitrogens with zero attached hydrogens (tertiary/aromatic N) is 5. The van der Waals surface area contributed by atoms with Crippen LogP contribution in [0.25, 0.3) is 5.69 Å². The normalized spacial score (nSPS) is 14.3. The number of thioether (sulfide) groups is 1. The third kappa shape index (κ3) is 6.84. The first-order chi connectivity index (χ1) is 21.9. The Hall–Kier alpha value is -4.74. The molecule has 0 spiro atoms. The number of carbonyl (C=O) groups excluding carboxylic acids is 2. The summed E-state index contributed by atoms with van der Waals surface area (Å²) in [5.41, 5.74) is 5.38. The van der Waals surface area contributed by atoms with Gasteiger partial charge in [0.25, 0.3) is 11.8 Å². The van der Waals surface area contributed by atoms with Crippen LogP contribution in [0.1, 0.15) is 50.2 Å². The molecule has 0 saturated carbocycles. The summed E-state index contributed by atoms with van der Waals surface area (Å²) < 4.78 is 7.23. The molecule has 0 bridgehead atoms. The molecule has 1 aliphatic rings. The lowest BCUT2D eigenvalue weighted by Crippen LogP contribution is -2.28. The first-order valence-corrected chi connectivity index (χ1v) is 16.3. The zero-order valence-electron chi connectivity index (χ0n) is 25.1. The van der Waals surface area contributed by atoms with Gasteiger partial charge in [0.1, 0.15) is 5.75 Å². The number of benzene rings is 3. The van der Waals surface area contributed by atoms with Gasteiger partial charge in [0.05, 0.1) is 36.0 Å². The molecule has 1 N–H and O–H groups in total. The molecule has 3 heterocycles. The van der Waals surface area contributed by atoms with E-state index in [-0.39, 0.29) is 30.2 Å². The van der Waals surface area contributed by atoms with Gasteiger partial charge < -0.3 is 10.1 Å². The lowest BCUT2D eigenvalue weighted by atomic mass is 10.0. The van der Waals surface area contributed by atoms with Crippen LogP contribution in [0.15, 0.2) is 101 Å². The monoisotopic (exact) mass is 636 g/mol. The lowest BCUT2D eigenvalue weighted by molar-refractivity contribution is -0.130. The van der Waals surface area contributed by atoms with E-state index in [1.165, 1.54) is 11.8 Å². The molecule has 0 aliphatic carbocycles. The highest BCUT2D eigenvalue weighted by Crippen LogP contribution is 2.35. The molecule has 0 fully saturated rings. The molecule has 3 aromatic carbocycles. The van der Waals surface area contributed by atoms with E-state index in [0.717, 1.165) is 38.7 Å². The van der Waals surface area contributed by atoms with Gasteiger partial charge in [-0.2, -0.15) is 5.10 Å². The highest BCUT2D eigenvalue weighted by atomic mass is 32.2. The van der Waals surface area contributed by atoms with E-state index in [0.29, 0.717) is 23.0 Å². The molecule has 228 valence electrons. The van der Waals surface area contributed by atoms with E-state index in [1.807, 2.05) is 103 Å². The Morgan fingerprint density at radius 1 is 0.978 bits per heavy atom. The number of hydrogen-bond acceptors (Lipinski definition) is 8. The van der Waals surface area contributed by atoms with Gasteiger partial charge in [-0.1, -0.05) is 59.8 Å². The van der Waals surface area contributed by atoms with Gasteiger partial charge in [0.2, 0.25) is 0 Å². The Morgan fingerprint density at radius 2 is 1.76 bits per heavy atom. The predicted molar refractivity (Wildman–Crippen MR) is 177 cm³/mol. The Labute approximate surface area is 270 Å². The Bertz CT molecular complexity index is 1850. The average molecular weight is 637 g/mol. The van der Waals surface area contributed by atoms with Crippen molar-refractivity contribution >= 4 is 40.6 Å². The van der Waals surface area contributed by atoms with E-state index in [2.05, 4.69) is 15.5 Å². The highest BCUT2D eigenvalue weighted by molar-refractivity contribution is 7.99. The van der Waals surface area contributed by atoms with Crippen LogP contribution >= 0.6 is 23.1 Å². The highest BCUT2D eigenvalue weighted by Gasteiger charge is 2.33. The molecule has 2 aromatic heterocycles. The van der Waals surface area contributed by atoms with Crippen LogP contribution in [-0.2, 0) is 11.3 Å². The smallest absolute Gasteiger partial charge is 0.253 e. The molecule has 45 heavy (non-hydrogen) atoms. The summed E-state index contributed by atoms with van der Waals surface area (Å²) in [4.78, 5) is 27.8. The zero-order valence-corrected chi connectivity index (χ0v) is 26.8. The second kappa shape index (κ2) is 13.5. The quantitative estimate of drug-likeness (QED) is 0.179. The molecule has 5 aromatic rings. The molecule has 1 unspecified atom stereocenters. The van der Waals surface area contributed by atoms with Crippen molar-refractivity contribution in [3.05, 3.63) is 123 Å². The minimum Gasteiger partial charge on any atom is -0.497 e. The number of thiophene rings is 1. The van der Waals surface area contributed by atoms with Crippen molar-refractivity contribution in [1.29, 1.82) is 0 Å². The number of hydrogen-bond donors (Lipinski definition) is 1. The van der Waals surface area contributed by atoms with Crippen LogP contribution in [0.3, 0.4) is 0 Å². The number of rotatable bonds is 10. The summed E-state index contributed by atoms with van der Waals surface area (Å²) in [7, 11) is 1.63. The number of aryl methyl sites for hydroxylation is 2. The van der Waals surface area contributed by atoms with E-state index in [4.69, 9.17) is 9.84 Å². The third-order valence-corrected chi connectivity index (χ3v) is 9.28. The Morgan fingerprint density at radius 3 is 2.47 bits per heavy atom. The minimum absolute atomic E-state index is 0.105. The Kier molecular flexibility index (Phi) is 9.08. The van der Waals surface area contributed by atoms with E-state index < -0.39 is 0 Å². The number of ether oxygens (including phenoxy) is 1. The van der Waals surface area contributed by atoms with Crippen LogP contribution in [-0.4, -0.2) is 50.2 Å². The van der Waals surface area contributed by atoms with Crippen LogP contribution in [0, 0.1) is 13.8 Å².